The Morgan fingerprint density at radius 3 is 2.00 bits per heavy atom. The van der Waals surface area contributed by atoms with Gasteiger partial charge in [-0.15, -0.1) is 0 Å². The number of aryl methyl sites for hydroxylation is 1. The molecule has 2 aromatic rings. The van der Waals surface area contributed by atoms with E-state index in [9.17, 15) is 9.59 Å². The van der Waals surface area contributed by atoms with E-state index in [4.69, 9.17) is 11.6 Å². The fourth-order valence-electron chi connectivity index (χ4n) is 2.27. The Kier molecular flexibility index (Phi) is 7.30. The monoisotopic (exact) mass is 344 g/mol. The van der Waals surface area contributed by atoms with Gasteiger partial charge in [0, 0.05) is 18.1 Å². The SMILES string of the molecule is O=C(NCCCc1ccccc1)C(=O)NCCc1ccc(Cl)cc1. The Morgan fingerprint density at radius 1 is 0.750 bits per heavy atom. The van der Waals surface area contributed by atoms with Gasteiger partial charge >= 0.3 is 11.8 Å². The van der Waals surface area contributed by atoms with E-state index in [-0.39, 0.29) is 0 Å². The lowest BCUT2D eigenvalue weighted by atomic mass is 10.1. The van der Waals surface area contributed by atoms with E-state index in [2.05, 4.69) is 10.6 Å². The van der Waals surface area contributed by atoms with Crippen molar-refractivity contribution in [2.75, 3.05) is 13.1 Å². The van der Waals surface area contributed by atoms with E-state index in [1.54, 1.807) is 12.1 Å². The van der Waals surface area contributed by atoms with Crippen LogP contribution in [-0.4, -0.2) is 24.9 Å². The standard InChI is InChI=1S/C19H21ClN2O2/c20-17-10-8-16(9-11-17)12-14-22-19(24)18(23)21-13-4-7-15-5-2-1-3-6-15/h1-3,5-6,8-11H,4,7,12-14H2,(H,21,23)(H,22,24). The van der Waals surface area contributed by atoms with Crippen LogP contribution in [0.4, 0.5) is 0 Å². The average molecular weight is 345 g/mol. The van der Waals surface area contributed by atoms with Crippen molar-refractivity contribution >= 4 is 23.4 Å². The lowest BCUT2D eigenvalue weighted by Crippen LogP contribution is -2.41. The second-order valence-corrected chi connectivity index (χ2v) is 5.91. The lowest BCUT2D eigenvalue weighted by Gasteiger charge is -2.07. The number of carbonyl (C=O) groups excluding carboxylic acids is 2. The molecular formula is C19H21ClN2O2. The number of amides is 2. The van der Waals surface area contributed by atoms with Crippen LogP contribution in [0.15, 0.2) is 54.6 Å². The summed E-state index contributed by atoms with van der Waals surface area (Å²) in [4.78, 5) is 23.4. The van der Waals surface area contributed by atoms with Crippen LogP contribution in [0.1, 0.15) is 17.5 Å². The normalized spacial score (nSPS) is 10.2. The maximum Gasteiger partial charge on any atom is 0.309 e. The molecule has 0 aromatic heterocycles. The molecule has 2 rings (SSSR count). The summed E-state index contributed by atoms with van der Waals surface area (Å²) in [6.07, 6.45) is 2.33. The van der Waals surface area contributed by atoms with Crippen LogP contribution < -0.4 is 10.6 Å². The van der Waals surface area contributed by atoms with Crippen molar-refractivity contribution in [2.45, 2.75) is 19.3 Å². The molecule has 2 amide bonds. The van der Waals surface area contributed by atoms with E-state index in [1.807, 2.05) is 42.5 Å². The zero-order valence-corrected chi connectivity index (χ0v) is 14.2. The minimum Gasteiger partial charge on any atom is -0.348 e. The topological polar surface area (TPSA) is 58.2 Å². The molecule has 0 fully saturated rings. The first kappa shape index (κ1) is 18.0. The molecule has 24 heavy (non-hydrogen) atoms. The Hall–Kier alpha value is -2.33. The summed E-state index contributed by atoms with van der Waals surface area (Å²) in [5.74, 6) is -1.18. The molecule has 0 atom stereocenters. The van der Waals surface area contributed by atoms with Crippen molar-refractivity contribution in [1.29, 1.82) is 0 Å². The van der Waals surface area contributed by atoms with Crippen LogP contribution in [0.2, 0.25) is 5.02 Å². The van der Waals surface area contributed by atoms with Gasteiger partial charge in [-0.3, -0.25) is 9.59 Å². The summed E-state index contributed by atoms with van der Waals surface area (Å²) in [6.45, 7) is 0.899. The van der Waals surface area contributed by atoms with Gasteiger partial charge in [0.15, 0.2) is 0 Å². The summed E-state index contributed by atoms with van der Waals surface area (Å²) < 4.78 is 0. The fraction of sp³-hybridized carbons (Fsp3) is 0.263. The average Bonchev–Trinajstić information content (AvgIpc) is 2.61. The minimum absolute atomic E-state index is 0.415. The molecule has 0 heterocycles. The Morgan fingerprint density at radius 2 is 1.33 bits per heavy atom. The molecule has 0 saturated carbocycles. The molecule has 0 unspecified atom stereocenters. The third kappa shape index (κ3) is 6.42. The third-order valence-electron chi connectivity index (χ3n) is 3.59. The molecule has 0 aliphatic carbocycles. The quantitative estimate of drug-likeness (QED) is 0.599. The van der Waals surface area contributed by atoms with Gasteiger partial charge < -0.3 is 10.6 Å². The highest BCUT2D eigenvalue weighted by molar-refractivity contribution is 6.35. The van der Waals surface area contributed by atoms with Crippen LogP contribution in [0, 0.1) is 0 Å². The van der Waals surface area contributed by atoms with Crippen LogP contribution in [0.3, 0.4) is 0 Å². The second kappa shape index (κ2) is 9.73. The first-order valence-electron chi connectivity index (χ1n) is 7.99. The molecule has 0 saturated heterocycles. The van der Waals surface area contributed by atoms with Gasteiger partial charge in [-0.1, -0.05) is 54.1 Å². The summed E-state index contributed by atoms with van der Waals surface area (Å²) in [6, 6.07) is 17.5. The molecule has 4 nitrogen and oxygen atoms in total. The summed E-state index contributed by atoms with van der Waals surface area (Å²) in [5, 5.41) is 5.94. The fourth-order valence-corrected chi connectivity index (χ4v) is 2.40. The minimum atomic E-state index is -0.594. The first-order chi connectivity index (χ1) is 11.6. The molecular weight excluding hydrogens is 324 g/mol. The largest absolute Gasteiger partial charge is 0.348 e. The highest BCUT2D eigenvalue weighted by Crippen LogP contribution is 2.09. The molecule has 0 aliphatic heterocycles. The highest BCUT2D eigenvalue weighted by atomic mass is 35.5. The van der Waals surface area contributed by atoms with Crippen LogP contribution >= 0.6 is 11.6 Å². The molecule has 0 aliphatic rings. The second-order valence-electron chi connectivity index (χ2n) is 5.48. The van der Waals surface area contributed by atoms with Crippen LogP contribution in [0.25, 0.3) is 0 Å². The molecule has 0 bridgehead atoms. The summed E-state index contributed by atoms with van der Waals surface area (Å²) in [5.41, 5.74) is 2.28. The van der Waals surface area contributed by atoms with Gasteiger partial charge in [-0.25, -0.2) is 0 Å². The van der Waals surface area contributed by atoms with Crippen molar-refractivity contribution in [3.8, 4) is 0 Å². The van der Waals surface area contributed by atoms with Crippen molar-refractivity contribution < 1.29 is 9.59 Å². The Labute approximate surface area is 147 Å². The number of nitrogens with one attached hydrogen (secondary N) is 2. The van der Waals surface area contributed by atoms with Gasteiger partial charge in [-0.05, 0) is 42.5 Å². The van der Waals surface area contributed by atoms with Crippen LogP contribution in [-0.2, 0) is 22.4 Å². The van der Waals surface area contributed by atoms with E-state index >= 15 is 0 Å². The number of hydrogen-bond donors (Lipinski definition) is 2. The highest BCUT2D eigenvalue weighted by Gasteiger charge is 2.11. The smallest absolute Gasteiger partial charge is 0.309 e. The molecule has 0 radical (unpaired) electrons. The van der Waals surface area contributed by atoms with Gasteiger partial charge in [0.25, 0.3) is 0 Å². The first-order valence-corrected chi connectivity index (χ1v) is 8.37. The predicted molar refractivity (Wildman–Crippen MR) is 95.9 cm³/mol. The van der Waals surface area contributed by atoms with Crippen molar-refractivity contribution in [3.63, 3.8) is 0 Å². The summed E-state index contributed by atoms with van der Waals surface area (Å²) >= 11 is 5.81. The van der Waals surface area contributed by atoms with E-state index in [0.717, 1.165) is 18.4 Å². The Bertz CT molecular complexity index is 657. The van der Waals surface area contributed by atoms with Gasteiger partial charge in [0.1, 0.15) is 0 Å². The predicted octanol–water partition coefficient (Wildman–Crippen LogP) is 2.75. The van der Waals surface area contributed by atoms with Gasteiger partial charge in [0.2, 0.25) is 0 Å². The van der Waals surface area contributed by atoms with Crippen molar-refractivity contribution in [2.24, 2.45) is 0 Å². The third-order valence-corrected chi connectivity index (χ3v) is 3.84. The summed E-state index contributed by atoms with van der Waals surface area (Å²) in [7, 11) is 0. The Balaban J connectivity index is 1.59. The maximum atomic E-state index is 11.7. The van der Waals surface area contributed by atoms with Gasteiger partial charge in [-0.2, -0.15) is 0 Å². The number of halogens is 1. The van der Waals surface area contributed by atoms with E-state index in [0.29, 0.717) is 24.5 Å². The molecule has 0 spiro atoms. The molecule has 126 valence electrons. The number of hydrogen-bond acceptors (Lipinski definition) is 2. The number of benzene rings is 2. The molecule has 5 heteroatoms. The van der Waals surface area contributed by atoms with Crippen molar-refractivity contribution in [1.82, 2.24) is 10.6 Å². The van der Waals surface area contributed by atoms with Crippen LogP contribution in [0.5, 0.6) is 0 Å². The molecule has 2 N–H and O–H groups in total. The number of rotatable bonds is 7. The molecule has 2 aromatic carbocycles. The van der Waals surface area contributed by atoms with Gasteiger partial charge in [0.05, 0.1) is 0 Å². The number of carbonyl (C=O) groups is 2. The zero-order valence-electron chi connectivity index (χ0n) is 13.4. The maximum absolute atomic E-state index is 11.7. The lowest BCUT2D eigenvalue weighted by molar-refractivity contribution is -0.139. The zero-order chi connectivity index (χ0) is 17.2. The van der Waals surface area contributed by atoms with E-state index in [1.165, 1.54) is 5.56 Å². The van der Waals surface area contributed by atoms with E-state index < -0.39 is 11.8 Å². The van der Waals surface area contributed by atoms with Crippen molar-refractivity contribution in [3.05, 3.63) is 70.7 Å².